The first-order valence-corrected chi connectivity index (χ1v) is 8.75. The van der Waals surface area contributed by atoms with E-state index in [1.807, 2.05) is 31.4 Å². The summed E-state index contributed by atoms with van der Waals surface area (Å²) in [6.07, 6.45) is 3.94. The SMILES string of the molecule is Cc1ccccc1-n1cccc1[C@@H]1[C@H](c2ccccn2)NC(=S)N1C. The molecular weight excluding hydrogens is 328 g/mol. The molecule has 0 unspecified atom stereocenters. The zero-order valence-electron chi connectivity index (χ0n) is 14.3. The molecule has 2 atom stereocenters. The molecule has 126 valence electrons. The Balaban J connectivity index is 1.82. The van der Waals surface area contributed by atoms with E-state index < -0.39 is 0 Å². The normalized spacial score (nSPS) is 19.9. The van der Waals surface area contributed by atoms with Crippen molar-refractivity contribution in [3.05, 3.63) is 83.9 Å². The fraction of sp³-hybridized carbons (Fsp3) is 0.200. The summed E-state index contributed by atoms with van der Waals surface area (Å²) in [7, 11) is 2.04. The highest BCUT2D eigenvalue weighted by atomic mass is 32.1. The molecule has 1 saturated heterocycles. The van der Waals surface area contributed by atoms with E-state index in [0.717, 1.165) is 10.8 Å². The lowest BCUT2D eigenvalue weighted by Gasteiger charge is -2.26. The summed E-state index contributed by atoms with van der Waals surface area (Å²) < 4.78 is 2.25. The van der Waals surface area contributed by atoms with Crippen molar-refractivity contribution >= 4 is 17.3 Å². The first kappa shape index (κ1) is 15.8. The zero-order valence-corrected chi connectivity index (χ0v) is 15.1. The molecule has 1 fully saturated rings. The number of para-hydroxylation sites is 1. The quantitative estimate of drug-likeness (QED) is 0.730. The molecule has 0 radical (unpaired) electrons. The Labute approximate surface area is 153 Å². The van der Waals surface area contributed by atoms with Crippen LogP contribution in [-0.4, -0.2) is 26.6 Å². The number of aromatic nitrogens is 2. The summed E-state index contributed by atoms with van der Waals surface area (Å²) in [5.74, 6) is 0. The zero-order chi connectivity index (χ0) is 17.4. The number of hydrogen-bond donors (Lipinski definition) is 1. The molecule has 2 aromatic heterocycles. The molecular formula is C20H20N4S. The molecule has 1 aromatic carbocycles. The van der Waals surface area contributed by atoms with Crippen molar-refractivity contribution in [2.24, 2.45) is 0 Å². The molecule has 0 spiro atoms. The van der Waals surface area contributed by atoms with Crippen LogP contribution in [0.3, 0.4) is 0 Å². The Morgan fingerprint density at radius 3 is 2.60 bits per heavy atom. The van der Waals surface area contributed by atoms with E-state index in [-0.39, 0.29) is 12.1 Å². The maximum atomic E-state index is 5.53. The van der Waals surface area contributed by atoms with Gasteiger partial charge in [0, 0.05) is 30.8 Å². The van der Waals surface area contributed by atoms with Crippen LogP contribution < -0.4 is 5.32 Å². The van der Waals surface area contributed by atoms with Crippen molar-refractivity contribution in [2.75, 3.05) is 7.05 Å². The largest absolute Gasteiger partial charge is 0.352 e. The van der Waals surface area contributed by atoms with Gasteiger partial charge in [0.05, 0.1) is 17.8 Å². The number of pyridine rings is 1. The number of likely N-dealkylation sites (N-methyl/N-ethyl adjacent to an activating group) is 1. The van der Waals surface area contributed by atoms with E-state index in [9.17, 15) is 0 Å². The molecule has 25 heavy (non-hydrogen) atoms. The van der Waals surface area contributed by atoms with Gasteiger partial charge in [0.25, 0.3) is 0 Å². The minimum absolute atomic E-state index is 0.0244. The fourth-order valence-electron chi connectivity index (χ4n) is 3.52. The molecule has 1 N–H and O–H groups in total. The van der Waals surface area contributed by atoms with Crippen LogP contribution in [0.4, 0.5) is 0 Å². The monoisotopic (exact) mass is 348 g/mol. The number of thiocarbonyl (C=S) groups is 1. The molecule has 0 saturated carbocycles. The maximum Gasteiger partial charge on any atom is 0.169 e. The summed E-state index contributed by atoms with van der Waals surface area (Å²) in [6.45, 7) is 2.14. The van der Waals surface area contributed by atoms with Gasteiger partial charge in [-0.05, 0) is 55.0 Å². The summed E-state index contributed by atoms with van der Waals surface area (Å²) in [5.41, 5.74) is 4.62. The van der Waals surface area contributed by atoms with Crippen LogP contribution >= 0.6 is 12.2 Å². The minimum Gasteiger partial charge on any atom is -0.352 e. The molecule has 1 aliphatic heterocycles. The van der Waals surface area contributed by atoms with Crippen LogP contribution in [0, 0.1) is 6.92 Å². The van der Waals surface area contributed by atoms with Gasteiger partial charge in [-0.1, -0.05) is 24.3 Å². The highest BCUT2D eigenvalue weighted by molar-refractivity contribution is 7.80. The molecule has 1 aliphatic rings. The number of nitrogens with one attached hydrogen (secondary N) is 1. The second-order valence-corrected chi connectivity index (χ2v) is 6.71. The van der Waals surface area contributed by atoms with Gasteiger partial charge in [-0.25, -0.2) is 0 Å². The summed E-state index contributed by atoms with van der Waals surface area (Å²) >= 11 is 5.53. The number of nitrogens with zero attached hydrogens (tertiary/aromatic N) is 3. The van der Waals surface area contributed by atoms with Gasteiger partial charge in [0.1, 0.15) is 0 Å². The average Bonchev–Trinajstić information content (AvgIpc) is 3.21. The molecule has 0 bridgehead atoms. The summed E-state index contributed by atoms with van der Waals surface area (Å²) in [6, 6.07) is 18.8. The van der Waals surface area contributed by atoms with E-state index in [0.29, 0.717) is 0 Å². The Kier molecular flexibility index (Phi) is 4.01. The third-order valence-electron chi connectivity index (χ3n) is 4.80. The van der Waals surface area contributed by atoms with Crippen LogP contribution in [0.5, 0.6) is 0 Å². The first-order chi connectivity index (χ1) is 12.2. The van der Waals surface area contributed by atoms with E-state index >= 15 is 0 Å². The number of benzene rings is 1. The third kappa shape index (κ3) is 2.70. The van der Waals surface area contributed by atoms with E-state index in [1.54, 1.807) is 0 Å². The Morgan fingerprint density at radius 1 is 1.04 bits per heavy atom. The minimum atomic E-state index is 0.0244. The second-order valence-electron chi connectivity index (χ2n) is 6.33. The van der Waals surface area contributed by atoms with Crippen molar-refractivity contribution < 1.29 is 0 Å². The average molecular weight is 348 g/mol. The number of aryl methyl sites for hydroxylation is 1. The van der Waals surface area contributed by atoms with Crippen molar-refractivity contribution in [3.63, 3.8) is 0 Å². The van der Waals surface area contributed by atoms with Gasteiger partial charge in [0.2, 0.25) is 0 Å². The van der Waals surface area contributed by atoms with Crippen molar-refractivity contribution in [1.82, 2.24) is 19.8 Å². The van der Waals surface area contributed by atoms with Crippen LogP contribution in [-0.2, 0) is 0 Å². The predicted octanol–water partition coefficient (Wildman–Crippen LogP) is 3.78. The predicted molar refractivity (Wildman–Crippen MR) is 104 cm³/mol. The van der Waals surface area contributed by atoms with E-state index in [1.165, 1.54) is 16.9 Å². The fourth-order valence-corrected chi connectivity index (χ4v) is 3.76. The van der Waals surface area contributed by atoms with Crippen molar-refractivity contribution in [3.8, 4) is 5.69 Å². The second kappa shape index (κ2) is 6.33. The topological polar surface area (TPSA) is 33.1 Å². The Hall–Kier alpha value is -2.66. The smallest absolute Gasteiger partial charge is 0.169 e. The number of hydrogen-bond acceptors (Lipinski definition) is 2. The molecule has 0 aliphatic carbocycles. The van der Waals surface area contributed by atoms with E-state index in [2.05, 4.69) is 69.3 Å². The van der Waals surface area contributed by atoms with Gasteiger partial charge in [-0.2, -0.15) is 0 Å². The van der Waals surface area contributed by atoms with Crippen LogP contribution in [0.15, 0.2) is 67.0 Å². The lowest BCUT2D eigenvalue weighted by atomic mass is 10.0. The van der Waals surface area contributed by atoms with Gasteiger partial charge < -0.3 is 14.8 Å². The van der Waals surface area contributed by atoms with Crippen molar-refractivity contribution in [2.45, 2.75) is 19.0 Å². The molecule has 0 amide bonds. The Bertz CT molecular complexity index is 903. The van der Waals surface area contributed by atoms with Crippen LogP contribution in [0.2, 0.25) is 0 Å². The summed E-state index contributed by atoms with van der Waals surface area (Å²) in [4.78, 5) is 6.68. The maximum absolute atomic E-state index is 5.53. The highest BCUT2D eigenvalue weighted by Crippen LogP contribution is 2.38. The Morgan fingerprint density at radius 2 is 1.84 bits per heavy atom. The number of rotatable bonds is 3. The molecule has 3 aromatic rings. The van der Waals surface area contributed by atoms with Gasteiger partial charge >= 0.3 is 0 Å². The third-order valence-corrected chi connectivity index (χ3v) is 5.20. The van der Waals surface area contributed by atoms with Gasteiger partial charge in [-0.3, -0.25) is 4.98 Å². The first-order valence-electron chi connectivity index (χ1n) is 8.34. The van der Waals surface area contributed by atoms with Crippen LogP contribution in [0.25, 0.3) is 5.69 Å². The lowest BCUT2D eigenvalue weighted by molar-refractivity contribution is 0.357. The molecule has 4 nitrogen and oxygen atoms in total. The van der Waals surface area contributed by atoms with E-state index in [4.69, 9.17) is 12.2 Å². The summed E-state index contributed by atoms with van der Waals surface area (Å²) in [5, 5.41) is 4.18. The van der Waals surface area contributed by atoms with Gasteiger partial charge in [-0.15, -0.1) is 0 Å². The van der Waals surface area contributed by atoms with Gasteiger partial charge in [0.15, 0.2) is 5.11 Å². The lowest BCUT2D eigenvalue weighted by Crippen LogP contribution is -2.26. The molecule has 4 rings (SSSR count). The highest BCUT2D eigenvalue weighted by Gasteiger charge is 2.39. The van der Waals surface area contributed by atoms with Crippen LogP contribution in [0.1, 0.15) is 29.0 Å². The molecule has 5 heteroatoms. The van der Waals surface area contributed by atoms with Crippen molar-refractivity contribution in [1.29, 1.82) is 0 Å². The standard InChI is InChI=1S/C20H20N4S/c1-14-8-3-4-10-16(14)24-13-7-11-17(24)19-18(22-20(25)23(19)2)15-9-5-6-12-21-15/h3-13,18-19H,1-2H3,(H,22,25)/t18-,19+/m0/s1. The molecule has 3 heterocycles.